The van der Waals surface area contributed by atoms with Crippen molar-refractivity contribution in [1.29, 1.82) is 0 Å². The molecule has 0 aliphatic heterocycles. The van der Waals surface area contributed by atoms with E-state index in [1.165, 1.54) is 0 Å². The lowest BCUT2D eigenvalue weighted by Crippen LogP contribution is -2.37. The molecule has 0 bridgehead atoms. The lowest BCUT2D eigenvalue weighted by Gasteiger charge is -2.27. The molecule has 114 valence electrons. The largest absolute Gasteiger partial charge is 0.506 e. The van der Waals surface area contributed by atoms with Gasteiger partial charge in [0, 0.05) is 6.00 Å². The Bertz CT molecular complexity index is 354. The summed E-state index contributed by atoms with van der Waals surface area (Å²) in [4.78, 5) is 0. The first-order valence-corrected chi connectivity index (χ1v) is 7.39. The van der Waals surface area contributed by atoms with Gasteiger partial charge in [-0.1, -0.05) is 75.8 Å². The van der Waals surface area contributed by atoms with E-state index in [9.17, 15) is 12.9 Å². The number of hydrogen-bond acceptors (Lipinski definition) is 1. The SMILES string of the molecule is CCCCCCCC(OCc1ccccc1)[B-](F)(F)F. The minimum atomic E-state index is -4.93. The minimum Gasteiger partial charge on any atom is -0.447 e. The van der Waals surface area contributed by atoms with E-state index in [1.807, 2.05) is 6.07 Å². The summed E-state index contributed by atoms with van der Waals surface area (Å²) in [5.41, 5.74) is 0.781. The Morgan fingerprint density at radius 1 is 1.00 bits per heavy atom. The molecular formula is C15H23BF3O-. The second-order valence-electron chi connectivity index (χ2n) is 5.16. The van der Waals surface area contributed by atoms with Gasteiger partial charge < -0.3 is 17.7 Å². The molecule has 0 aliphatic rings. The molecule has 5 heteroatoms. The van der Waals surface area contributed by atoms with Crippen molar-refractivity contribution in [3.05, 3.63) is 35.9 Å². The van der Waals surface area contributed by atoms with Crippen LogP contribution in [0.2, 0.25) is 0 Å². The van der Waals surface area contributed by atoms with E-state index >= 15 is 0 Å². The molecular weight excluding hydrogens is 264 g/mol. The molecule has 0 saturated heterocycles. The average molecular weight is 287 g/mol. The predicted octanol–water partition coefficient (Wildman–Crippen LogP) is 5.32. The third kappa shape index (κ3) is 6.99. The Kier molecular flexibility index (Phi) is 7.74. The molecule has 0 aromatic heterocycles. The van der Waals surface area contributed by atoms with Crippen LogP contribution in [0.1, 0.15) is 51.0 Å². The maximum atomic E-state index is 12.9. The van der Waals surface area contributed by atoms with Gasteiger partial charge in [0.1, 0.15) is 0 Å². The van der Waals surface area contributed by atoms with Crippen LogP contribution < -0.4 is 0 Å². The number of ether oxygens (including phenoxy) is 1. The van der Waals surface area contributed by atoms with Gasteiger partial charge in [-0.2, -0.15) is 0 Å². The maximum absolute atomic E-state index is 12.9. The smallest absolute Gasteiger partial charge is 0.447 e. The second-order valence-corrected chi connectivity index (χ2v) is 5.16. The third-order valence-electron chi connectivity index (χ3n) is 3.32. The van der Waals surface area contributed by atoms with Gasteiger partial charge in [0.05, 0.1) is 6.61 Å². The van der Waals surface area contributed by atoms with Gasteiger partial charge in [-0.05, 0) is 5.56 Å². The van der Waals surface area contributed by atoms with Crippen molar-refractivity contribution < 1.29 is 17.7 Å². The van der Waals surface area contributed by atoms with Gasteiger partial charge in [0.25, 0.3) is 0 Å². The summed E-state index contributed by atoms with van der Waals surface area (Å²) in [6.07, 6.45) is 4.71. The predicted molar refractivity (Wildman–Crippen MR) is 77.5 cm³/mol. The van der Waals surface area contributed by atoms with Crippen LogP contribution in [-0.2, 0) is 11.3 Å². The van der Waals surface area contributed by atoms with Crippen molar-refractivity contribution in [1.82, 2.24) is 0 Å². The van der Waals surface area contributed by atoms with Gasteiger partial charge in [-0.25, -0.2) is 0 Å². The highest BCUT2D eigenvalue weighted by Gasteiger charge is 2.35. The van der Waals surface area contributed by atoms with Gasteiger partial charge in [0.15, 0.2) is 0 Å². The molecule has 0 fully saturated rings. The first kappa shape index (κ1) is 17.1. The van der Waals surface area contributed by atoms with Crippen molar-refractivity contribution in [3.8, 4) is 0 Å². The summed E-state index contributed by atoms with van der Waals surface area (Å²) in [5.74, 6) is 0. The quantitative estimate of drug-likeness (QED) is 0.418. The van der Waals surface area contributed by atoms with Crippen LogP contribution in [0.3, 0.4) is 0 Å². The fourth-order valence-corrected chi connectivity index (χ4v) is 2.11. The summed E-state index contributed by atoms with van der Waals surface area (Å²) in [7, 11) is 0. The van der Waals surface area contributed by atoms with Crippen LogP contribution in [-0.4, -0.2) is 13.0 Å². The van der Waals surface area contributed by atoms with Crippen molar-refractivity contribution >= 4 is 6.98 Å². The summed E-state index contributed by atoms with van der Waals surface area (Å²) < 4.78 is 43.9. The summed E-state index contributed by atoms with van der Waals surface area (Å²) >= 11 is 0. The van der Waals surface area contributed by atoms with Crippen molar-refractivity contribution in [3.63, 3.8) is 0 Å². The summed E-state index contributed by atoms with van der Waals surface area (Å²) in [6.45, 7) is -2.81. The molecule has 0 amide bonds. The van der Waals surface area contributed by atoms with Crippen LogP contribution >= 0.6 is 0 Å². The van der Waals surface area contributed by atoms with E-state index in [0.29, 0.717) is 6.42 Å². The molecule has 0 N–H and O–H groups in total. The van der Waals surface area contributed by atoms with Crippen LogP contribution in [0.25, 0.3) is 0 Å². The first-order valence-electron chi connectivity index (χ1n) is 7.39. The zero-order valence-electron chi connectivity index (χ0n) is 12.0. The third-order valence-corrected chi connectivity index (χ3v) is 3.32. The van der Waals surface area contributed by atoms with E-state index in [-0.39, 0.29) is 13.0 Å². The van der Waals surface area contributed by atoms with Crippen molar-refractivity contribution in [2.75, 3.05) is 0 Å². The van der Waals surface area contributed by atoms with Crippen molar-refractivity contribution in [2.24, 2.45) is 0 Å². The first-order chi connectivity index (χ1) is 9.54. The molecule has 1 rings (SSSR count). The molecule has 0 aliphatic carbocycles. The Morgan fingerprint density at radius 3 is 2.25 bits per heavy atom. The van der Waals surface area contributed by atoms with Crippen LogP contribution in [0, 0.1) is 0 Å². The normalized spacial score (nSPS) is 13.4. The summed E-state index contributed by atoms with van der Waals surface area (Å²) in [5, 5.41) is 0. The van der Waals surface area contributed by atoms with Gasteiger partial charge in [-0.3, -0.25) is 0 Å². The molecule has 1 unspecified atom stereocenters. The standard InChI is InChI=1S/C15H23BF3O/c1-2-3-4-5-9-12-15(16(17,18)19)20-13-14-10-7-6-8-11-14/h6-8,10-11,15H,2-5,9,12-13H2,1H3/q-1. The molecule has 0 spiro atoms. The van der Waals surface area contributed by atoms with Crippen LogP contribution in [0.5, 0.6) is 0 Å². The zero-order valence-corrected chi connectivity index (χ0v) is 12.0. The highest BCUT2D eigenvalue weighted by molar-refractivity contribution is 6.59. The fourth-order valence-electron chi connectivity index (χ4n) is 2.11. The Morgan fingerprint density at radius 2 is 1.65 bits per heavy atom. The highest BCUT2D eigenvalue weighted by atomic mass is 19.4. The molecule has 1 nitrogen and oxygen atoms in total. The molecule has 0 heterocycles. The van der Waals surface area contributed by atoms with E-state index in [1.54, 1.807) is 24.3 Å². The van der Waals surface area contributed by atoms with Gasteiger partial charge in [-0.15, -0.1) is 0 Å². The maximum Gasteiger partial charge on any atom is 0.506 e. The Labute approximate surface area is 119 Å². The van der Waals surface area contributed by atoms with E-state index in [4.69, 9.17) is 4.74 Å². The second kappa shape index (κ2) is 9.06. The lowest BCUT2D eigenvalue weighted by atomic mass is 9.78. The van der Waals surface area contributed by atoms with Gasteiger partial charge >= 0.3 is 6.98 Å². The molecule has 0 saturated carbocycles. The molecule has 0 radical (unpaired) electrons. The molecule has 1 atom stereocenters. The van der Waals surface area contributed by atoms with Crippen LogP contribution in [0.4, 0.5) is 12.9 Å². The molecule has 20 heavy (non-hydrogen) atoms. The number of halogens is 3. The zero-order chi connectivity index (χ0) is 14.8. The number of benzene rings is 1. The number of rotatable bonds is 10. The topological polar surface area (TPSA) is 9.23 Å². The number of hydrogen-bond donors (Lipinski definition) is 0. The van der Waals surface area contributed by atoms with E-state index < -0.39 is 13.0 Å². The Hall–Kier alpha value is -0.965. The van der Waals surface area contributed by atoms with Crippen LogP contribution in [0.15, 0.2) is 30.3 Å². The Balaban J connectivity index is 2.37. The van der Waals surface area contributed by atoms with Gasteiger partial charge in [0.2, 0.25) is 0 Å². The lowest BCUT2D eigenvalue weighted by molar-refractivity contribution is 0.0562. The van der Waals surface area contributed by atoms with E-state index in [0.717, 1.165) is 31.2 Å². The summed E-state index contributed by atoms with van der Waals surface area (Å²) in [6, 6.07) is 7.41. The van der Waals surface area contributed by atoms with E-state index in [2.05, 4.69) is 6.92 Å². The van der Waals surface area contributed by atoms with Crippen molar-refractivity contribution in [2.45, 2.75) is 58.1 Å². The monoisotopic (exact) mass is 287 g/mol. The average Bonchev–Trinajstić information content (AvgIpc) is 2.41. The number of unbranched alkanes of at least 4 members (excludes halogenated alkanes) is 4. The highest BCUT2D eigenvalue weighted by Crippen LogP contribution is 2.23. The fraction of sp³-hybridized carbons (Fsp3) is 0.600. The molecule has 1 aromatic carbocycles. The minimum absolute atomic E-state index is 0.0295. The molecule has 1 aromatic rings.